The second-order valence-corrected chi connectivity index (χ2v) is 7.73. The number of piperazine rings is 1. The number of rotatable bonds is 4. The Morgan fingerprint density at radius 2 is 1.97 bits per heavy atom. The van der Waals surface area contributed by atoms with Gasteiger partial charge in [-0.3, -0.25) is 15.3 Å². The van der Waals surface area contributed by atoms with Crippen LogP contribution < -0.4 is 5.43 Å². The van der Waals surface area contributed by atoms with Crippen LogP contribution in [0, 0.1) is 6.92 Å². The molecule has 1 saturated heterocycles. The smallest absolute Gasteiger partial charge is 0.189 e. The van der Waals surface area contributed by atoms with Gasteiger partial charge in [-0.15, -0.1) is 0 Å². The van der Waals surface area contributed by atoms with Crippen LogP contribution in [0.3, 0.4) is 0 Å². The van der Waals surface area contributed by atoms with E-state index in [-0.39, 0.29) is 20.7 Å². The number of aromatic nitrogens is 1. The molecule has 174 valence electrons. The number of nitrogens with one attached hydrogen (secondary N) is 1. The Morgan fingerprint density at radius 1 is 1.29 bits per heavy atom. The second-order valence-electron chi connectivity index (χ2n) is 7.34. The van der Waals surface area contributed by atoms with Crippen molar-refractivity contribution in [1.29, 1.82) is 0 Å². The highest BCUT2D eigenvalue weighted by Crippen LogP contribution is 2.19. The fraction of sp³-hybridized carbons (Fsp3) is 0.522. The summed E-state index contributed by atoms with van der Waals surface area (Å²) in [5.74, 6) is 0.145. The predicted octanol–water partition coefficient (Wildman–Crippen LogP) is 4.36. The summed E-state index contributed by atoms with van der Waals surface area (Å²) in [6, 6.07) is 2.19. The lowest BCUT2D eigenvalue weighted by molar-refractivity contribution is 0.153. The number of hydrazone groups is 1. The van der Waals surface area contributed by atoms with Crippen LogP contribution in [0.25, 0.3) is 0 Å². The maximum Gasteiger partial charge on any atom is 0.189 e. The summed E-state index contributed by atoms with van der Waals surface area (Å²) >= 11 is 5.54. The van der Waals surface area contributed by atoms with Crippen molar-refractivity contribution in [3.05, 3.63) is 47.3 Å². The third-order valence-electron chi connectivity index (χ3n) is 5.23. The van der Waals surface area contributed by atoms with E-state index in [0.717, 1.165) is 38.2 Å². The lowest BCUT2D eigenvalue weighted by atomic mass is 10.0. The van der Waals surface area contributed by atoms with Crippen LogP contribution in [0.2, 0.25) is 0 Å². The molecule has 1 aliphatic carbocycles. The Bertz CT molecular complexity index is 821. The third kappa shape index (κ3) is 7.63. The first-order chi connectivity index (χ1) is 14.5. The maximum absolute atomic E-state index is 10.1. The summed E-state index contributed by atoms with van der Waals surface area (Å²) < 4.78 is 0. The van der Waals surface area contributed by atoms with E-state index in [9.17, 15) is 5.11 Å². The molecular formula is C23H39N5OS2. The van der Waals surface area contributed by atoms with E-state index in [0.29, 0.717) is 29.0 Å². The highest BCUT2D eigenvalue weighted by atomic mass is 32.1. The number of hydrogen-bond acceptors (Lipinski definition) is 5. The van der Waals surface area contributed by atoms with Gasteiger partial charge in [0.05, 0.1) is 5.71 Å². The Hall–Kier alpha value is -1.90. The molecule has 0 aromatic carbocycles. The number of aromatic hydroxyl groups is 1. The van der Waals surface area contributed by atoms with E-state index < -0.39 is 0 Å². The maximum atomic E-state index is 10.1. The average Bonchev–Trinajstić information content (AvgIpc) is 2.77. The summed E-state index contributed by atoms with van der Waals surface area (Å²) in [5, 5.41) is 15.2. The van der Waals surface area contributed by atoms with Gasteiger partial charge in [0.1, 0.15) is 11.4 Å². The zero-order chi connectivity index (χ0) is 22.1. The summed E-state index contributed by atoms with van der Waals surface area (Å²) in [6.45, 7) is 13.7. The van der Waals surface area contributed by atoms with Crippen LogP contribution in [0.15, 0.2) is 41.2 Å². The number of nitrogens with zero attached hydrogens (tertiary/aromatic N) is 4. The summed E-state index contributed by atoms with van der Waals surface area (Å²) in [7, 11) is 0. The quantitative estimate of drug-likeness (QED) is 0.391. The Morgan fingerprint density at radius 3 is 2.52 bits per heavy atom. The minimum absolute atomic E-state index is 0. The average molecular weight is 466 g/mol. The Kier molecular flexibility index (Phi) is 11.8. The molecule has 1 aromatic heterocycles. The highest BCUT2D eigenvalue weighted by molar-refractivity contribution is 7.80. The number of thiocarbonyl (C=S) groups is 1. The number of hydrogen-bond donors (Lipinski definition) is 2. The summed E-state index contributed by atoms with van der Waals surface area (Å²) in [6.07, 6.45) is 10.3. The van der Waals surface area contributed by atoms with E-state index >= 15 is 0 Å². The SMILES string of the molecule is CC.CC/C(=N/NC(=S)N1CCN(C2C=CC(C)=CC2)CC1)c1ncc(C)cc1O.S.[HH]. The van der Waals surface area contributed by atoms with Gasteiger partial charge in [0.25, 0.3) is 0 Å². The van der Waals surface area contributed by atoms with Gasteiger partial charge in [-0.2, -0.15) is 18.6 Å². The fourth-order valence-corrected chi connectivity index (χ4v) is 3.73. The normalized spacial score (nSPS) is 19.0. The van der Waals surface area contributed by atoms with Crippen molar-refractivity contribution in [1.82, 2.24) is 20.2 Å². The molecule has 0 spiro atoms. The van der Waals surface area contributed by atoms with Crippen LogP contribution in [0.1, 0.15) is 53.2 Å². The molecule has 0 bridgehead atoms. The largest absolute Gasteiger partial charge is 0.506 e. The first-order valence-electron chi connectivity index (χ1n) is 10.8. The van der Waals surface area contributed by atoms with Gasteiger partial charge >= 0.3 is 0 Å². The number of allylic oxidation sites excluding steroid dienone is 2. The molecule has 1 aromatic rings. The molecule has 1 aliphatic heterocycles. The first kappa shape index (κ1) is 27.1. The fourth-order valence-electron chi connectivity index (χ4n) is 3.51. The van der Waals surface area contributed by atoms with Crippen molar-refractivity contribution in [3.8, 4) is 5.75 Å². The van der Waals surface area contributed by atoms with Crippen LogP contribution >= 0.6 is 25.7 Å². The molecule has 2 N–H and O–H groups in total. The van der Waals surface area contributed by atoms with Crippen molar-refractivity contribution in [2.24, 2.45) is 5.10 Å². The van der Waals surface area contributed by atoms with Gasteiger partial charge in [0, 0.05) is 39.8 Å². The van der Waals surface area contributed by atoms with Gasteiger partial charge < -0.3 is 10.0 Å². The molecule has 1 fully saturated rings. The Labute approximate surface area is 201 Å². The monoisotopic (exact) mass is 465 g/mol. The van der Waals surface area contributed by atoms with Gasteiger partial charge in [-0.1, -0.05) is 44.6 Å². The molecule has 0 radical (unpaired) electrons. The number of aryl methyl sites for hydroxylation is 1. The molecule has 0 saturated carbocycles. The van der Waals surface area contributed by atoms with E-state index in [1.165, 1.54) is 5.57 Å². The molecule has 6 nitrogen and oxygen atoms in total. The van der Waals surface area contributed by atoms with Gasteiger partial charge in [-0.05, 0) is 50.5 Å². The zero-order valence-corrected chi connectivity index (χ0v) is 21.2. The summed E-state index contributed by atoms with van der Waals surface area (Å²) in [4.78, 5) is 8.97. The lowest BCUT2D eigenvalue weighted by Gasteiger charge is -2.39. The molecule has 1 atom stereocenters. The van der Waals surface area contributed by atoms with Gasteiger partial charge in [-0.25, -0.2) is 0 Å². The van der Waals surface area contributed by atoms with Crippen LogP contribution in [0.4, 0.5) is 0 Å². The van der Waals surface area contributed by atoms with Gasteiger partial charge in [0.15, 0.2) is 5.11 Å². The van der Waals surface area contributed by atoms with E-state index in [2.05, 4.69) is 50.5 Å². The van der Waals surface area contributed by atoms with E-state index in [1.807, 2.05) is 27.7 Å². The zero-order valence-electron chi connectivity index (χ0n) is 19.4. The number of pyridine rings is 1. The second kappa shape index (κ2) is 13.5. The molecular weight excluding hydrogens is 426 g/mol. The minimum Gasteiger partial charge on any atom is -0.506 e. The van der Waals surface area contributed by atoms with Crippen molar-refractivity contribution < 1.29 is 6.53 Å². The Balaban J connectivity index is 0.00000234. The topological polar surface area (TPSA) is 64.0 Å². The van der Waals surface area contributed by atoms with E-state index in [4.69, 9.17) is 12.2 Å². The predicted molar refractivity (Wildman–Crippen MR) is 141 cm³/mol. The molecule has 2 heterocycles. The molecule has 2 aliphatic rings. The van der Waals surface area contributed by atoms with Crippen molar-refractivity contribution >= 4 is 36.5 Å². The van der Waals surface area contributed by atoms with Crippen molar-refractivity contribution in [2.75, 3.05) is 26.2 Å². The van der Waals surface area contributed by atoms with Crippen LogP contribution in [-0.2, 0) is 0 Å². The standard InChI is InChI=1S/C21H29N5OS.C2H6.H2S.H2/c1-4-18(20-19(27)13-16(3)14-22-20)23-24-21(28)26-11-9-25(10-12-26)17-7-5-15(2)6-8-17;1-2;;/h5-7,13-14,17,27H,4,8-12H2,1-3H3,(H,24,28);1-2H3;1H2;1H/b23-18-;;;. The molecule has 3 rings (SSSR count). The van der Waals surface area contributed by atoms with Crippen LogP contribution in [0.5, 0.6) is 5.75 Å². The third-order valence-corrected chi connectivity index (χ3v) is 5.58. The van der Waals surface area contributed by atoms with Crippen LogP contribution in [-0.4, -0.2) is 62.9 Å². The molecule has 31 heavy (non-hydrogen) atoms. The summed E-state index contributed by atoms with van der Waals surface area (Å²) in [5.41, 5.74) is 6.44. The molecule has 0 amide bonds. The lowest BCUT2D eigenvalue weighted by Crippen LogP contribution is -2.53. The van der Waals surface area contributed by atoms with Crippen molar-refractivity contribution in [3.63, 3.8) is 0 Å². The first-order valence-corrected chi connectivity index (χ1v) is 11.2. The van der Waals surface area contributed by atoms with Crippen molar-refractivity contribution in [2.45, 2.75) is 53.5 Å². The minimum atomic E-state index is 0. The molecule has 8 heteroatoms. The molecule has 1 unspecified atom stereocenters. The van der Waals surface area contributed by atoms with Gasteiger partial charge in [0.2, 0.25) is 0 Å². The highest BCUT2D eigenvalue weighted by Gasteiger charge is 2.24. The van der Waals surface area contributed by atoms with E-state index in [1.54, 1.807) is 12.3 Å².